The van der Waals surface area contributed by atoms with Gasteiger partial charge in [0.05, 0.1) is 6.04 Å². The summed E-state index contributed by atoms with van der Waals surface area (Å²) in [7, 11) is 0. The van der Waals surface area contributed by atoms with Gasteiger partial charge in [-0.2, -0.15) is 0 Å². The summed E-state index contributed by atoms with van der Waals surface area (Å²) in [6.07, 6.45) is -0.312. The lowest BCUT2D eigenvalue weighted by Gasteiger charge is -2.13. The zero-order chi connectivity index (χ0) is 19.1. The van der Waals surface area contributed by atoms with Crippen LogP contribution in [0.15, 0.2) is 72.8 Å². The van der Waals surface area contributed by atoms with E-state index in [1.54, 1.807) is 12.1 Å². The van der Waals surface area contributed by atoms with Gasteiger partial charge in [-0.1, -0.05) is 66.7 Å². The van der Waals surface area contributed by atoms with E-state index < -0.39 is 12.1 Å². The van der Waals surface area contributed by atoms with Crippen molar-refractivity contribution < 1.29 is 19.1 Å². The normalized spacial score (nSPS) is 11.6. The predicted molar refractivity (Wildman–Crippen MR) is 103 cm³/mol. The molecule has 1 N–H and O–H groups in total. The van der Waals surface area contributed by atoms with E-state index in [1.807, 2.05) is 60.7 Å². The number of nitrogens with one attached hydrogen (secondary N) is 1. The number of amides is 1. The molecule has 0 saturated heterocycles. The Hall–Kier alpha value is -3.47. The summed E-state index contributed by atoms with van der Waals surface area (Å²) in [6.45, 7) is 0.0941. The topological polar surface area (TPSA) is 72.5 Å². The number of fused-ring (bicyclic) bond motifs is 1. The molecule has 1 atom stereocenters. The molecule has 0 aromatic heterocycles. The number of aldehydes is 1. The number of hydrogen-bond acceptors (Lipinski definition) is 4. The first kappa shape index (κ1) is 18.3. The van der Waals surface area contributed by atoms with Crippen LogP contribution < -0.4 is 5.32 Å². The molecule has 27 heavy (non-hydrogen) atoms. The predicted octanol–water partition coefficient (Wildman–Crippen LogP) is 3.91. The molecule has 0 aliphatic heterocycles. The fraction of sp³-hybridized carbons (Fsp3) is 0.136. The van der Waals surface area contributed by atoms with Crippen molar-refractivity contribution >= 4 is 28.9 Å². The third-order valence-corrected chi connectivity index (χ3v) is 4.16. The molecule has 3 aromatic rings. The van der Waals surface area contributed by atoms with Crippen molar-refractivity contribution in [3.8, 4) is 0 Å². The number of hydrogen-bond donors (Lipinski definition) is 1. The number of ketones is 1. The van der Waals surface area contributed by atoms with Gasteiger partial charge in [-0.3, -0.25) is 4.79 Å². The molecule has 0 radical (unpaired) electrons. The van der Waals surface area contributed by atoms with Crippen LogP contribution in [-0.2, 0) is 16.1 Å². The maximum absolute atomic E-state index is 12.5. The van der Waals surface area contributed by atoms with Crippen molar-refractivity contribution in [3.05, 3.63) is 83.9 Å². The van der Waals surface area contributed by atoms with Gasteiger partial charge >= 0.3 is 6.09 Å². The fourth-order valence-electron chi connectivity index (χ4n) is 2.73. The van der Waals surface area contributed by atoms with E-state index in [1.165, 1.54) is 0 Å². The Morgan fingerprint density at radius 3 is 2.37 bits per heavy atom. The van der Waals surface area contributed by atoms with Crippen LogP contribution in [0.25, 0.3) is 10.8 Å². The molecule has 5 nitrogen and oxygen atoms in total. The van der Waals surface area contributed by atoms with Gasteiger partial charge in [0, 0.05) is 12.0 Å². The summed E-state index contributed by atoms with van der Waals surface area (Å²) in [4.78, 5) is 35.6. The van der Waals surface area contributed by atoms with Crippen LogP contribution in [0, 0.1) is 0 Å². The first-order valence-electron chi connectivity index (χ1n) is 8.60. The van der Waals surface area contributed by atoms with Crippen LogP contribution in [0.5, 0.6) is 0 Å². The smallest absolute Gasteiger partial charge is 0.408 e. The third-order valence-electron chi connectivity index (χ3n) is 4.16. The molecular formula is C22H19NO4. The largest absolute Gasteiger partial charge is 0.445 e. The molecule has 0 aliphatic rings. The summed E-state index contributed by atoms with van der Waals surface area (Å²) >= 11 is 0. The third kappa shape index (κ3) is 5.01. The first-order chi connectivity index (χ1) is 13.2. The molecule has 0 saturated carbocycles. The number of alkyl carbamates (subject to hydrolysis) is 1. The van der Waals surface area contributed by atoms with Gasteiger partial charge in [0.1, 0.15) is 12.9 Å². The number of carbonyl (C=O) groups is 3. The van der Waals surface area contributed by atoms with Crippen molar-refractivity contribution in [1.29, 1.82) is 0 Å². The van der Waals surface area contributed by atoms with Crippen molar-refractivity contribution in [2.45, 2.75) is 19.1 Å². The SMILES string of the molecule is O=CC(CC(=O)c1ccc2ccccc2c1)NC(=O)OCc1ccccc1. The van der Waals surface area contributed by atoms with Crippen molar-refractivity contribution in [2.24, 2.45) is 0 Å². The minimum Gasteiger partial charge on any atom is -0.445 e. The lowest BCUT2D eigenvalue weighted by molar-refractivity contribution is -0.109. The van der Waals surface area contributed by atoms with Crippen LogP contribution in [0.2, 0.25) is 0 Å². The van der Waals surface area contributed by atoms with E-state index in [0.717, 1.165) is 16.3 Å². The van der Waals surface area contributed by atoms with Gasteiger partial charge in [-0.15, -0.1) is 0 Å². The van der Waals surface area contributed by atoms with Crippen LogP contribution in [-0.4, -0.2) is 24.2 Å². The quantitative estimate of drug-likeness (QED) is 0.512. The second-order valence-corrected chi connectivity index (χ2v) is 6.14. The van der Waals surface area contributed by atoms with Gasteiger partial charge in [-0.25, -0.2) is 4.79 Å². The summed E-state index contributed by atoms with van der Waals surface area (Å²) in [5, 5.41) is 4.40. The first-order valence-corrected chi connectivity index (χ1v) is 8.60. The average Bonchev–Trinajstić information content (AvgIpc) is 2.72. The molecule has 1 amide bonds. The summed E-state index contributed by atoms with van der Waals surface area (Å²) in [6, 6.07) is 21.3. The molecule has 0 heterocycles. The van der Waals surface area contributed by atoms with Gasteiger partial charge in [0.25, 0.3) is 0 Å². The minimum atomic E-state index is -0.938. The molecule has 0 fully saturated rings. The Balaban J connectivity index is 1.57. The van der Waals surface area contributed by atoms with E-state index in [4.69, 9.17) is 4.74 Å². The second-order valence-electron chi connectivity index (χ2n) is 6.14. The zero-order valence-corrected chi connectivity index (χ0v) is 14.6. The van der Waals surface area contributed by atoms with Gasteiger partial charge < -0.3 is 14.8 Å². The molecule has 5 heteroatoms. The lowest BCUT2D eigenvalue weighted by atomic mass is 10.0. The Bertz CT molecular complexity index is 953. The van der Waals surface area contributed by atoms with Crippen molar-refractivity contribution in [2.75, 3.05) is 0 Å². The van der Waals surface area contributed by atoms with Crippen molar-refractivity contribution in [1.82, 2.24) is 5.32 Å². The lowest BCUT2D eigenvalue weighted by Crippen LogP contribution is -2.37. The highest BCUT2D eigenvalue weighted by Crippen LogP contribution is 2.17. The maximum Gasteiger partial charge on any atom is 0.408 e. The fourth-order valence-corrected chi connectivity index (χ4v) is 2.73. The van der Waals surface area contributed by atoms with Gasteiger partial charge in [0.15, 0.2) is 5.78 Å². The number of Topliss-reactive ketones (excluding diaryl/α,β-unsaturated/α-hetero) is 1. The number of ether oxygens (including phenoxy) is 1. The summed E-state index contributed by atoms with van der Waals surface area (Å²) in [5.41, 5.74) is 1.34. The number of rotatable bonds is 7. The van der Waals surface area contributed by atoms with Crippen LogP contribution in [0.4, 0.5) is 4.79 Å². The molecule has 0 aliphatic carbocycles. The Labute approximate surface area is 157 Å². The van der Waals surface area contributed by atoms with E-state index in [0.29, 0.717) is 11.8 Å². The standard InChI is InChI=1S/C22H19NO4/c24-14-20(23-22(26)27-15-16-6-2-1-3-7-16)13-21(25)19-11-10-17-8-4-5-9-18(17)12-19/h1-12,14,20H,13,15H2,(H,23,26). The average molecular weight is 361 g/mol. The minimum absolute atomic E-state index is 0.0941. The Kier molecular flexibility index (Phi) is 5.94. The highest BCUT2D eigenvalue weighted by atomic mass is 16.5. The maximum atomic E-state index is 12.5. The van der Waals surface area contributed by atoms with Crippen LogP contribution in [0.1, 0.15) is 22.3 Å². The molecule has 0 bridgehead atoms. The van der Waals surface area contributed by atoms with Gasteiger partial charge in [0.2, 0.25) is 0 Å². The van der Waals surface area contributed by atoms with E-state index in [2.05, 4.69) is 5.32 Å². The molecule has 0 spiro atoms. The van der Waals surface area contributed by atoms with Crippen LogP contribution >= 0.6 is 0 Å². The molecule has 3 rings (SSSR count). The van der Waals surface area contributed by atoms with E-state index in [-0.39, 0.29) is 18.8 Å². The molecule has 136 valence electrons. The Morgan fingerprint density at radius 2 is 1.63 bits per heavy atom. The van der Waals surface area contributed by atoms with Gasteiger partial charge in [-0.05, 0) is 22.4 Å². The zero-order valence-electron chi connectivity index (χ0n) is 14.6. The van der Waals surface area contributed by atoms with E-state index in [9.17, 15) is 14.4 Å². The molecular weight excluding hydrogens is 342 g/mol. The number of benzene rings is 3. The Morgan fingerprint density at radius 1 is 0.926 bits per heavy atom. The second kappa shape index (κ2) is 8.76. The highest BCUT2D eigenvalue weighted by molar-refractivity contribution is 6.01. The highest BCUT2D eigenvalue weighted by Gasteiger charge is 2.18. The molecule has 3 aromatic carbocycles. The summed E-state index contributed by atoms with van der Waals surface area (Å²) < 4.78 is 5.09. The van der Waals surface area contributed by atoms with E-state index >= 15 is 0 Å². The monoisotopic (exact) mass is 361 g/mol. The number of carbonyl (C=O) groups excluding carboxylic acids is 3. The summed E-state index contributed by atoms with van der Waals surface area (Å²) in [5.74, 6) is -0.221. The molecule has 1 unspecified atom stereocenters. The van der Waals surface area contributed by atoms with Crippen molar-refractivity contribution in [3.63, 3.8) is 0 Å². The van der Waals surface area contributed by atoms with Crippen LogP contribution in [0.3, 0.4) is 0 Å².